The Labute approximate surface area is 138 Å². The Morgan fingerprint density at radius 3 is 2.82 bits per heavy atom. The molecule has 2 aromatic rings. The standard InChI is InChI=1S/C14H17FN4OS.ClH/c1-9(16)6-7-12(20)17-14-19-18-13(21-14)8-10-4-2-3-5-11(10)15;/h2-5,9H,6-8,16H2,1H3,(H,17,19,20);1H. The Morgan fingerprint density at radius 1 is 1.41 bits per heavy atom. The van der Waals surface area contributed by atoms with E-state index in [1.54, 1.807) is 18.2 Å². The van der Waals surface area contributed by atoms with Crippen LogP contribution in [0.2, 0.25) is 0 Å². The van der Waals surface area contributed by atoms with Crippen LogP contribution in [0.4, 0.5) is 9.52 Å². The van der Waals surface area contributed by atoms with E-state index in [1.165, 1.54) is 17.4 Å². The minimum atomic E-state index is -0.268. The first-order valence-corrected chi connectivity index (χ1v) is 7.47. The number of rotatable bonds is 6. The summed E-state index contributed by atoms with van der Waals surface area (Å²) in [5, 5.41) is 11.6. The van der Waals surface area contributed by atoms with Gasteiger partial charge < -0.3 is 11.1 Å². The maximum atomic E-state index is 13.5. The number of nitrogens with one attached hydrogen (secondary N) is 1. The summed E-state index contributed by atoms with van der Waals surface area (Å²) in [6, 6.07) is 6.52. The van der Waals surface area contributed by atoms with Crippen LogP contribution in [-0.4, -0.2) is 22.1 Å². The van der Waals surface area contributed by atoms with Crippen molar-refractivity contribution in [2.45, 2.75) is 32.2 Å². The summed E-state index contributed by atoms with van der Waals surface area (Å²) in [4.78, 5) is 11.7. The number of anilines is 1. The molecule has 1 aromatic carbocycles. The van der Waals surface area contributed by atoms with E-state index in [9.17, 15) is 9.18 Å². The van der Waals surface area contributed by atoms with Gasteiger partial charge in [-0.2, -0.15) is 0 Å². The summed E-state index contributed by atoms with van der Waals surface area (Å²) >= 11 is 1.25. The molecular weight excluding hydrogens is 327 g/mol. The molecule has 1 heterocycles. The molecule has 2 rings (SSSR count). The second kappa shape index (κ2) is 8.77. The normalized spacial score (nSPS) is 11.6. The monoisotopic (exact) mass is 344 g/mol. The second-order valence-electron chi connectivity index (χ2n) is 4.83. The second-order valence-corrected chi connectivity index (χ2v) is 5.90. The molecule has 120 valence electrons. The van der Waals surface area contributed by atoms with Gasteiger partial charge in [-0.3, -0.25) is 4.79 Å². The van der Waals surface area contributed by atoms with Crippen molar-refractivity contribution in [1.29, 1.82) is 0 Å². The predicted molar refractivity (Wildman–Crippen MR) is 87.9 cm³/mol. The molecule has 0 saturated heterocycles. The highest BCUT2D eigenvalue weighted by molar-refractivity contribution is 7.15. The average Bonchev–Trinajstić information content (AvgIpc) is 2.86. The van der Waals surface area contributed by atoms with Gasteiger partial charge in [0.15, 0.2) is 0 Å². The molecule has 0 aliphatic rings. The molecule has 0 fully saturated rings. The third-order valence-electron chi connectivity index (χ3n) is 2.84. The Bertz CT molecular complexity index is 620. The van der Waals surface area contributed by atoms with Crippen LogP contribution in [0.25, 0.3) is 0 Å². The lowest BCUT2D eigenvalue weighted by atomic mass is 10.1. The van der Waals surface area contributed by atoms with E-state index in [0.29, 0.717) is 35.0 Å². The van der Waals surface area contributed by atoms with E-state index >= 15 is 0 Å². The van der Waals surface area contributed by atoms with Crippen LogP contribution >= 0.6 is 23.7 Å². The number of benzene rings is 1. The number of nitrogens with zero attached hydrogens (tertiary/aromatic N) is 2. The van der Waals surface area contributed by atoms with Gasteiger partial charge in [0.25, 0.3) is 0 Å². The van der Waals surface area contributed by atoms with Crippen molar-refractivity contribution in [2.24, 2.45) is 5.73 Å². The highest BCUT2D eigenvalue weighted by atomic mass is 35.5. The van der Waals surface area contributed by atoms with Crippen LogP contribution in [0.1, 0.15) is 30.3 Å². The molecule has 1 amide bonds. The minimum absolute atomic E-state index is 0. The lowest BCUT2D eigenvalue weighted by Gasteiger charge is -2.03. The van der Waals surface area contributed by atoms with Crippen LogP contribution in [-0.2, 0) is 11.2 Å². The molecule has 0 aliphatic carbocycles. The van der Waals surface area contributed by atoms with Crippen LogP contribution in [0.5, 0.6) is 0 Å². The van der Waals surface area contributed by atoms with Crippen LogP contribution < -0.4 is 11.1 Å². The topological polar surface area (TPSA) is 80.9 Å². The van der Waals surface area contributed by atoms with Crippen LogP contribution in [0, 0.1) is 5.82 Å². The summed E-state index contributed by atoms with van der Waals surface area (Å²) in [5.74, 6) is -0.406. The lowest BCUT2D eigenvalue weighted by molar-refractivity contribution is -0.116. The number of amides is 1. The number of hydrogen-bond donors (Lipinski definition) is 2. The van der Waals surface area contributed by atoms with Crippen molar-refractivity contribution in [3.05, 3.63) is 40.7 Å². The zero-order valence-corrected chi connectivity index (χ0v) is 13.7. The third-order valence-corrected chi connectivity index (χ3v) is 3.68. The van der Waals surface area contributed by atoms with E-state index in [0.717, 1.165) is 0 Å². The van der Waals surface area contributed by atoms with Crippen molar-refractivity contribution in [2.75, 3.05) is 5.32 Å². The van der Waals surface area contributed by atoms with Crippen molar-refractivity contribution in [3.63, 3.8) is 0 Å². The van der Waals surface area contributed by atoms with Gasteiger partial charge in [0.05, 0.1) is 0 Å². The van der Waals surface area contributed by atoms with E-state index in [1.807, 2.05) is 6.92 Å². The van der Waals surface area contributed by atoms with E-state index in [-0.39, 0.29) is 30.2 Å². The molecule has 8 heteroatoms. The molecule has 1 aromatic heterocycles. The number of nitrogens with two attached hydrogens (primary N) is 1. The Kier molecular flexibility index (Phi) is 7.37. The number of carbonyl (C=O) groups excluding carboxylic acids is 1. The molecule has 1 atom stereocenters. The predicted octanol–water partition coefficient (Wildman–Crippen LogP) is 2.76. The fourth-order valence-corrected chi connectivity index (χ4v) is 2.50. The van der Waals surface area contributed by atoms with Gasteiger partial charge in [-0.15, -0.1) is 22.6 Å². The molecule has 5 nitrogen and oxygen atoms in total. The smallest absolute Gasteiger partial charge is 0.226 e. The fraction of sp³-hybridized carbons (Fsp3) is 0.357. The number of aromatic nitrogens is 2. The average molecular weight is 345 g/mol. The van der Waals surface area contributed by atoms with Gasteiger partial charge >= 0.3 is 0 Å². The number of halogens is 2. The minimum Gasteiger partial charge on any atom is -0.328 e. The Morgan fingerprint density at radius 2 is 2.14 bits per heavy atom. The number of hydrogen-bond acceptors (Lipinski definition) is 5. The van der Waals surface area contributed by atoms with Gasteiger partial charge in [-0.25, -0.2) is 4.39 Å². The van der Waals surface area contributed by atoms with Crippen molar-refractivity contribution in [1.82, 2.24) is 10.2 Å². The van der Waals surface area contributed by atoms with Crippen LogP contribution in [0.15, 0.2) is 24.3 Å². The first-order valence-electron chi connectivity index (χ1n) is 6.66. The van der Waals surface area contributed by atoms with Crippen molar-refractivity contribution >= 4 is 34.8 Å². The molecule has 0 spiro atoms. The first kappa shape index (κ1) is 18.5. The van der Waals surface area contributed by atoms with Gasteiger partial charge in [0.2, 0.25) is 11.0 Å². The molecule has 0 bridgehead atoms. The van der Waals surface area contributed by atoms with Gasteiger partial charge in [-0.1, -0.05) is 29.5 Å². The highest BCUT2D eigenvalue weighted by Crippen LogP contribution is 2.20. The zero-order chi connectivity index (χ0) is 15.2. The molecule has 1 unspecified atom stereocenters. The maximum absolute atomic E-state index is 13.5. The molecule has 0 aliphatic heterocycles. The summed E-state index contributed by atoms with van der Waals surface area (Å²) in [5.41, 5.74) is 6.16. The fourth-order valence-electron chi connectivity index (χ4n) is 1.72. The van der Waals surface area contributed by atoms with E-state index in [2.05, 4.69) is 15.5 Å². The molecule has 0 saturated carbocycles. The summed E-state index contributed by atoms with van der Waals surface area (Å²) in [6.07, 6.45) is 1.33. The Balaban J connectivity index is 0.00000242. The van der Waals surface area contributed by atoms with Gasteiger partial charge in [0.1, 0.15) is 10.8 Å². The lowest BCUT2D eigenvalue weighted by Crippen LogP contribution is -2.19. The van der Waals surface area contributed by atoms with Crippen molar-refractivity contribution in [3.8, 4) is 0 Å². The summed E-state index contributed by atoms with van der Waals surface area (Å²) in [7, 11) is 0. The zero-order valence-electron chi connectivity index (χ0n) is 12.1. The van der Waals surface area contributed by atoms with Crippen molar-refractivity contribution < 1.29 is 9.18 Å². The summed E-state index contributed by atoms with van der Waals surface area (Å²) < 4.78 is 13.5. The first-order chi connectivity index (χ1) is 10.0. The molecular formula is C14H18ClFN4OS. The quantitative estimate of drug-likeness (QED) is 0.844. The van der Waals surface area contributed by atoms with E-state index < -0.39 is 0 Å². The number of carbonyl (C=O) groups is 1. The molecule has 22 heavy (non-hydrogen) atoms. The molecule has 0 radical (unpaired) electrons. The summed E-state index contributed by atoms with van der Waals surface area (Å²) in [6.45, 7) is 1.85. The van der Waals surface area contributed by atoms with Gasteiger partial charge in [-0.05, 0) is 25.0 Å². The third kappa shape index (κ3) is 5.67. The van der Waals surface area contributed by atoms with Gasteiger partial charge in [0, 0.05) is 18.9 Å². The largest absolute Gasteiger partial charge is 0.328 e. The maximum Gasteiger partial charge on any atom is 0.226 e. The van der Waals surface area contributed by atoms with E-state index in [4.69, 9.17) is 5.73 Å². The molecule has 3 N–H and O–H groups in total. The van der Waals surface area contributed by atoms with Crippen LogP contribution in [0.3, 0.4) is 0 Å². The highest BCUT2D eigenvalue weighted by Gasteiger charge is 2.10. The SMILES string of the molecule is CC(N)CCC(=O)Nc1nnc(Cc2ccccc2F)s1.Cl. The Hall–Kier alpha value is -1.57.